The summed E-state index contributed by atoms with van der Waals surface area (Å²) in [5, 5.41) is 15.4. The fraction of sp³-hybridized carbons (Fsp3) is 0.292. The fourth-order valence-electron chi connectivity index (χ4n) is 3.74. The van der Waals surface area contributed by atoms with E-state index in [9.17, 15) is 0 Å². The van der Waals surface area contributed by atoms with Crippen LogP contribution in [0.1, 0.15) is 42.4 Å². The number of benzene rings is 2. The Morgan fingerprint density at radius 1 is 0.968 bits per heavy atom. The van der Waals surface area contributed by atoms with Gasteiger partial charge in [0.15, 0.2) is 5.82 Å². The van der Waals surface area contributed by atoms with E-state index in [4.69, 9.17) is 9.97 Å². The van der Waals surface area contributed by atoms with Crippen LogP contribution < -0.4 is 0 Å². The van der Waals surface area contributed by atoms with Gasteiger partial charge in [-0.15, -0.1) is 16.9 Å². The lowest BCUT2D eigenvalue weighted by atomic mass is 9.96. The summed E-state index contributed by atoms with van der Waals surface area (Å²) in [6.45, 7) is 4.20. The third-order valence-electron chi connectivity index (χ3n) is 5.30. The van der Waals surface area contributed by atoms with Gasteiger partial charge in [0.1, 0.15) is 10.9 Å². The number of aromatic amines is 1. The number of hydrogen-bond acceptors (Lipinski definition) is 6. The van der Waals surface area contributed by atoms with E-state index in [2.05, 4.69) is 64.1 Å². The van der Waals surface area contributed by atoms with Crippen LogP contribution in [0.2, 0.25) is 0 Å². The fourth-order valence-corrected chi connectivity index (χ4v) is 4.40. The molecule has 0 aliphatic carbocycles. The Balaban J connectivity index is 1.64. The first-order valence-electron chi connectivity index (χ1n) is 10.5. The summed E-state index contributed by atoms with van der Waals surface area (Å²) in [5.41, 5.74) is 6.91. The highest BCUT2D eigenvalue weighted by atomic mass is 32.2. The maximum absolute atomic E-state index is 4.77. The van der Waals surface area contributed by atoms with Crippen molar-refractivity contribution in [1.29, 1.82) is 0 Å². The molecule has 0 aliphatic rings. The molecule has 0 amide bonds. The maximum Gasteiger partial charge on any atom is 0.180 e. The van der Waals surface area contributed by atoms with Gasteiger partial charge in [0.25, 0.3) is 0 Å². The van der Waals surface area contributed by atoms with E-state index in [1.54, 1.807) is 11.8 Å². The van der Waals surface area contributed by atoms with Crippen molar-refractivity contribution in [3.63, 3.8) is 0 Å². The zero-order valence-electron chi connectivity index (χ0n) is 18.1. The summed E-state index contributed by atoms with van der Waals surface area (Å²) < 4.78 is 0. The van der Waals surface area contributed by atoms with Crippen LogP contribution in [0.3, 0.4) is 0 Å². The highest BCUT2D eigenvalue weighted by Gasteiger charge is 2.14. The highest BCUT2D eigenvalue weighted by Crippen LogP contribution is 2.31. The van der Waals surface area contributed by atoms with E-state index >= 15 is 0 Å². The summed E-state index contributed by atoms with van der Waals surface area (Å²) in [7, 11) is 0. The van der Waals surface area contributed by atoms with Gasteiger partial charge in [-0.25, -0.2) is 15.1 Å². The van der Waals surface area contributed by atoms with E-state index in [0.29, 0.717) is 5.82 Å². The molecule has 4 rings (SSSR count). The molecule has 2 aromatic heterocycles. The van der Waals surface area contributed by atoms with Crippen molar-refractivity contribution in [2.24, 2.45) is 0 Å². The number of rotatable bonds is 8. The lowest BCUT2D eigenvalue weighted by Crippen LogP contribution is -2.06. The van der Waals surface area contributed by atoms with Gasteiger partial charge >= 0.3 is 0 Å². The highest BCUT2D eigenvalue weighted by molar-refractivity contribution is 7.98. The second-order valence-electron chi connectivity index (χ2n) is 7.48. The third-order valence-corrected chi connectivity index (χ3v) is 6.02. The van der Waals surface area contributed by atoms with Crippen molar-refractivity contribution in [2.45, 2.75) is 44.6 Å². The minimum Gasteiger partial charge on any atom is -0.239 e. The van der Waals surface area contributed by atoms with Crippen molar-refractivity contribution in [1.82, 2.24) is 30.6 Å². The Morgan fingerprint density at radius 2 is 1.74 bits per heavy atom. The smallest absolute Gasteiger partial charge is 0.180 e. The molecule has 0 bridgehead atoms. The molecular formula is C24H26N6S. The number of H-pyrrole nitrogens is 1. The van der Waals surface area contributed by atoms with Gasteiger partial charge in [0.2, 0.25) is 0 Å². The Labute approximate surface area is 186 Å². The minimum absolute atomic E-state index is 0.668. The number of aromatic nitrogens is 6. The molecule has 0 radical (unpaired) electrons. The molecule has 2 aromatic carbocycles. The van der Waals surface area contributed by atoms with Gasteiger partial charge in [-0.1, -0.05) is 61.9 Å². The SMILES string of the molecule is CCCCc1nc(C)nc(SC)c1Cc1ccc(-c2ccccc2-c2nnn[nH]2)cc1. The topological polar surface area (TPSA) is 80.2 Å². The van der Waals surface area contributed by atoms with Crippen LogP contribution in [-0.2, 0) is 12.8 Å². The van der Waals surface area contributed by atoms with Gasteiger partial charge in [-0.3, -0.25) is 0 Å². The summed E-state index contributed by atoms with van der Waals surface area (Å²) in [6.07, 6.45) is 6.23. The number of aryl methyl sites for hydroxylation is 2. The van der Waals surface area contributed by atoms with E-state index in [1.807, 2.05) is 25.1 Å². The van der Waals surface area contributed by atoms with E-state index in [-0.39, 0.29) is 0 Å². The summed E-state index contributed by atoms with van der Waals surface area (Å²) in [5.74, 6) is 1.52. The first-order chi connectivity index (χ1) is 15.2. The molecule has 2 heterocycles. The molecule has 7 heteroatoms. The molecule has 6 nitrogen and oxygen atoms in total. The number of hydrogen-bond donors (Lipinski definition) is 1. The van der Waals surface area contributed by atoms with Crippen LogP contribution in [0, 0.1) is 6.92 Å². The molecule has 4 aromatic rings. The molecule has 0 saturated carbocycles. The first-order valence-corrected chi connectivity index (χ1v) is 11.7. The number of nitrogens with one attached hydrogen (secondary N) is 1. The third kappa shape index (κ3) is 4.82. The normalized spacial score (nSPS) is 11.1. The second-order valence-corrected chi connectivity index (χ2v) is 8.27. The monoisotopic (exact) mass is 430 g/mol. The molecule has 0 spiro atoms. The van der Waals surface area contributed by atoms with E-state index < -0.39 is 0 Å². The van der Waals surface area contributed by atoms with Crippen molar-refractivity contribution >= 4 is 11.8 Å². The van der Waals surface area contributed by atoms with Crippen molar-refractivity contribution < 1.29 is 0 Å². The van der Waals surface area contributed by atoms with Crippen molar-refractivity contribution in [2.75, 3.05) is 6.26 Å². The van der Waals surface area contributed by atoms with Crippen LogP contribution in [-0.4, -0.2) is 36.8 Å². The van der Waals surface area contributed by atoms with Gasteiger partial charge in [0.05, 0.1) is 0 Å². The van der Waals surface area contributed by atoms with E-state index in [0.717, 1.165) is 53.2 Å². The largest absolute Gasteiger partial charge is 0.239 e. The molecule has 0 saturated heterocycles. The van der Waals surface area contributed by atoms with Crippen LogP contribution in [0.5, 0.6) is 0 Å². The lowest BCUT2D eigenvalue weighted by Gasteiger charge is -2.14. The lowest BCUT2D eigenvalue weighted by molar-refractivity contribution is 0.743. The summed E-state index contributed by atoms with van der Waals surface area (Å²) in [4.78, 5) is 9.47. The van der Waals surface area contributed by atoms with E-state index in [1.165, 1.54) is 16.8 Å². The predicted octanol–water partition coefficient (Wildman–Crippen LogP) is 5.29. The Bertz CT molecular complexity index is 1140. The van der Waals surface area contributed by atoms with Crippen LogP contribution in [0.25, 0.3) is 22.5 Å². The van der Waals surface area contributed by atoms with Gasteiger partial charge in [0, 0.05) is 23.2 Å². The number of tetrazole rings is 1. The van der Waals surface area contributed by atoms with Crippen LogP contribution >= 0.6 is 11.8 Å². The summed E-state index contributed by atoms with van der Waals surface area (Å²) in [6, 6.07) is 16.9. The van der Waals surface area contributed by atoms with Crippen LogP contribution in [0.15, 0.2) is 53.6 Å². The molecule has 0 aliphatic heterocycles. The van der Waals surface area contributed by atoms with Gasteiger partial charge < -0.3 is 0 Å². The standard InChI is InChI=1S/C24H26N6S/c1-4-5-10-22-21(24(31-3)26-16(2)25-22)15-17-11-13-18(14-12-17)19-8-6-7-9-20(19)23-27-29-30-28-23/h6-9,11-14H,4-5,10,15H2,1-3H3,(H,27,28,29,30). The molecule has 158 valence electrons. The molecule has 0 fully saturated rings. The molecule has 31 heavy (non-hydrogen) atoms. The molecular weight excluding hydrogens is 404 g/mol. The average Bonchev–Trinajstić information content (AvgIpc) is 3.34. The first kappa shape index (κ1) is 21.2. The summed E-state index contributed by atoms with van der Waals surface area (Å²) >= 11 is 1.70. The number of unbranched alkanes of at least 4 members (excludes halogenated alkanes) is 1. The Hall–Kier alpha value is -3.06. The van der Waals surface area contributed by atoms with Crippen LogP contribution in [0.4, 0.5) is 0 Å². The maximum atomic E-state index is 4.77. The number of nitrogens with zero attached hydrogens (tertiary/aromatic N) is 5. The van der Waals surface area contributed by atoms with Gasteiger partial charge in [-0.05, 0) is 53.1 Å². The molecule has 1 N–H and O–H groups in total. The predicted molar refractivity (Wildman–Crippen MR) is 125 cm³/mol. The number of thioether (sulfide) groups is 1. The molecule has 0 unspecified atom stereocenters. The zero-order chi connectivity index (χ0) is 21.6. The van der Waals surface area contributed by atoms with Gasteiger partial charge in [-0.2, -0.15) is 0 Å². The zero-order valence-corrected chi connectivity index (χ0v) is 18.9. The quantitative estimate of drug-likeness (QED) is 0.302. The Morgan fingerprint density at radius 3 is 2.42 bits per heavy atom. The van der Waals surface area contributed by atoms with Crippen molar-refractivity contribution in [3.8, 4) is 22.5 Å². The second kappa shape index (κ2) is 9.83. The average molecular weight is 431 g/mol. The Kier molecular flexibility index (Phi) is 6.72. The molecule has 0 atom stereocenters. The minimum atomic E-state index is 0.668. The van der Waals surface area contributed by atoms with Crippen molar-refractivity contribution in [3.05, 3.63) is 71.2 Å².